The van der Waals surface area contributed by atoms with Crippen LogP contribution in [-0.2, 0) is 6.42 Å². The maximum Gasteiger partial charge on any atom is 0.503 e. The molecule has 1 aromatic carbocycles. The Kier molecular flexibility index (Phi) is 8.15. The van der Waals surface area contributed by atoms with E-state index in [-0.39, 0.29) is 0 Å². The first kappa shape index (κ1) is 13.5. The van der Waals surface area contributed by atoms with Crippen LogP contribution >= 0.6 is 0 Å². The van der Waals surface area contributed by atoms with Gasteiger partial charge in [-0.3, -0.25) is 0 Å². The van der Waals surface area contributed by atoms with E-state index >= 15 is 0 Å². The molecule has 0 radical (unpaired) electrons. The third-order valence-corrected chi connectivity index (χ3v) is 1.91. The van der Waals surface area contributed by atoms with E-state index in [9.17, 15) is 0 Å². The smallest absolute Gasteiger partial charge is 0.450 e. The number of carbonyl (C=O) groups is 1. The van der Waals surface area contributed by atoms with Crippen LogP contribution in [0.25, 0.3) is 0 Å². The summed E-state index contributed by atoms with van der Waals surface area (Å²) in [6.45, 7) is 2.24. The minimum absolute atomic E-state index is 1.24. The highest BCUT2D eigenvalue weighted by Gasteiger charge is 1.89. The first-order valence-electron chi connectivity index (χ1n) is 5.12. The van der Waals surface area contributed by atoms with Gasteiger partial charge >= 0.3 is 6.16 Å². The number of hydrogen-bond donors (Lipinski definition) is 2. The number of hydrogen-bond acceptors (Lipinski definition) is 1. The van der Waals surface area contributed by atoms with Crippen LogP contribution in [0.3, 0.4) is 0 Å². The van der Waals surface area contributed by atoms with E-state index in [0.717, 1.165) is 0 Å². The van der Waals surface area contributed by atoms with Crippen molar-refractivity contribution < 1.29 is 15.0 Å². The fourth-order valence-electron chi connectivity index (χ4n) is 1.22. The Morgan fingerprint density at radius 2 is 1.67 bits per heavy atom. The van der Waals surface area contributed by atoms with Crippen LogP contribution in [0.2, 0.25) is 0 Å². The Labute approximate surface area is 90.4 Å². The van der Waals surface area contributed by atoms with Crippen LogP contribution in [0.15, 0.2) is 30.3 Å². The molecule has 0 saturated heterocycles. The minimum Gasteiger partial charge on any atom is -0.450 e. The third kappa shape index (κ3) is 10.4. The second-order valence-corrected chi connectivity index (χ2v) is 3.23. The highest BCUT2D eigenvalue weighted by Crippen LogP contribution is 2.05. The van der Waals surface area contributed by atoms with Gasteiger partial charge in [-0.05, 0) is 18.4 Å². The largest absolute Gasteiger partial charge is 0.503 e. The topological polar surface area (TPSA) is 57.5 Å². The molecule has 3 nitrogen and oxygen atoms in total. The van der Waals surface area contributed by atoms with E-state index in [0.29, 0.717) is 0 Å². The van der Waals surface area contributed by atoms with Gasteiger partial charge in [0.05, 0.1) is 0 Å². The van der Waals surface area contributed by atoms with Gasteiger partial charge in [-0.1, -0.05) is 50.1 Å². The molecule has 0 bridgehead atoms. The first-order valence-corrected chi connectivity index (χ1v) is 5.12. The summed E-state index contributed by atoms with van der Waals surface area (Å²) in [6.07, 6.45) is 3.41. The maximum absolute atomic E-state index is 8.56. The van der Waals surface area contributed by atoms with E-state index in [1.165, 1.54) is 31.2 Å². The molecule has 0 aromatic heterocycles. The molecule has 1 rings (SSSR count). The number of carboxylic acid groups (broad SMARTS) is 2. The van der Waals surface area contributed by atoms with E-state index in [2.05, 4.69) is 37.3 Å². The second-order valence-electron chi connectivity index (χ2n) is 3.23. The molecule has 0 aliphatic carbocycles. The Morgan fingerprint density at radius 3 is 2.13 bits per heavy atom. The SMILES string of the molecule is CCCCCc1ccccc1.O=C(O)O. The van der Waals surface area contributed by atoms with Crippen molar-refractivity contribution in [2.45, 2.75) is 32.6 Å². The summed E-state index contributed by atoms with van der Waals surface area (Å²) >= 11 is 0. The predicted octanol–water partition coefficient (Wildman–Crippen LogP) is 3.64. The molecule has 0 heterocycles. The van der Waals surface area contributed by atoms with Crippen molar-refractivity contribution in [2.24, 2.45) is 0 Å². The summed E-state index contributed by atoms with van der Waals surface area (Å²) in [4.78, 5) is 8.56. The van der Waals surface area contributed by atoms with Crippen LogP contribution in [0, 0.1) is 0 Å². The van der Waals surface area contributed by atoms with E-state index < -0.39 is 6.16 Å². The minimum atomic E-state index is -1.83. The van der Waals surface area contributed by atoms with Gasteiger partial charge in [0, 0.05) is 0 Å². The zero-order valence-electron chi connectivity index (χ0n) is 9.02. The molecule has 3 heteroatoms. The molecule has 0 fully saturated rings. The van der Waals surface area contributed by atoms with Crippen LogP contribution < -0.4 is 0 Å². The van der Waals surface area contributed by atoms with Crippen molar-refractivity contribution in [3.8, 4) is 0 Å². The molecule has 0 amide bonds. The van der Waals surface area contributed by atoms with Crippen LogP contribution in [-0.4, -0.2) is 16.4 Å². The van der Waals surface area contributed by atoms with Gasteiger partial charge in [0.2, 0.25) is 0 Å². The fraction of sp³-hybridized carbons (Fsp3) is 0.417. The molecule has 2 N–H and O–H groups in total. The molecule has 0 aliphatic heterocycles. The van der Waals surface area contributed by atoms with E-state index in [4.69, 9.17) is 15.0 Å². The van der Waals surface area contributed by atoms with E-state index in [1.807, 2.05) is 0 Å². The van der Waals surface area contributed by atoms with Gasteiger partial charge < -0.3 is 10.2 Å². The predicted molar refractivity (Wildman–Crippen MR) is 60.3 cm³/mol. The average Bonchev–Trinajstić information content (AvgIpc) is 2.19. The fourth-order valence-corrected chi connectivity index (χ4v) is 1.22. The molecule has 0 unspecified atom stereocenters. The zero-order valence-corrected chi connectivity index (χ0v) is 9.02. The quantitative estimate of drug-likeness (QED) is 0.746. The van der Waals surface area contributed by atoms with Crippen molar-refractivity contribution in [1.82, 2.24) is 0 Å². The molecule has 1 aromatic rings. The number of aryl methyl sites for hydroxylation is 1. The second kappa shape index (κ2) is 9.06. The monoisotopic (exact) mass is 210 g/mol. The molecule has 84 valence electrons. The molecule has 0 spiro atoms. The Morgan fingerprint density at radius 1 is 1.13 bits per heavy atom. The summed E-state index contributed by atoms with van der Waals surface area (Å²) in [7, 11) is 0. The van der Waals surface area contributed by atoms with Gasteiger partial charge in [-0.25, -0.2) is 4.79 Å². The lowest BCUT2D eigenvalue weighted by Gasteiger charge is -1.98. The normalized spacial score (nSPS) is 8.87. The highest BCUT2D eigenvalue weighted by molar-refractivity contribution is 5.53. The van der Waals surface area contributed by atoms with Gasteiger partial charge in [-0.2, -0.15) is 0 Å². The Bertz CT molecular complexity index is 253. The highest BCUT2D eigenvalue weighted by atomic mass is 16.6. The van der Waals surface area contributed by atoms with E-state index in [1.54, 1.807) is 0 Å². The number of rotatable bonds is 4. The van der Waals surface area contributed by atoms with Crippen LogP contribution in [0.4, 0.5) is 4.79 Å². The molecule has 0 aliphatic rings. The molecular formula is C12H18O3. The number of benzene rings is 1. The number of unbranched alkanes of at least 4 members (excludes halogenated alkanes) is 2. The van der Waals surface area contributed by atoms with Gasteiger partial charge in [0.1, 0.15) is 0 Å². The standard InChI is InChI=1S/C11H16.CH2O3/c1-2-3-5-8-11-9-6-4-7-10-11;2-1(3)4/h4,6-7,9-10H,2-3,5,8H2,1H3;(H2,2,3,4). The summed E-state index contributed by atoms with van der Waals surface area (Å²) in [5.41, 5.74) is 1.47. The summed E-state index contributed by atoms with van der Waals surface area (Å²) in [5.74, 6) is 0. The van der Waals surface area contributed by atoms with Crippen molar-refractivity contribution in [2.75, 3.05) is 0 Å². The molecular weight excluding hydrogens is 192 g/mol. The lowest BCUT2D eigenvalue weighted by Crippen LogP contribution is -1.83. The summed E-state index contributed by atoms with van der Waals surface area (Å²) < 4.78 is 0. The summed E-state index contributed by atoms with van der Waals surface area (Å²) in [5, 5.41) is 13.9. The zero-order chi connectivity index (χ0) is 11.5. The van der Waals surface area contributed by atoms with Crippen molar-refractivity contribution in [1.29, 1.82) is 0 Å². The van der Waals surface area contributed by atoms with Gasteiger partial charge in [-0.15, -0.1) is 0 Å². The summed E-state index contributed by atoms with van der Waals surface area (Å²) in [6, 6.07) is 10.7. The Hall–Kier alpha value is -1.51. The molecule has 0 atom stereocenters. The van der Waals surface area contributed by atoms with Crippen LogP contribution in [0.5, 0.6) is 0 Å². The Balaban J connectivity index is 0.000000423. The average molecular weight is 210 g/mol. The first-order chi connectivity index (χ1) is 7.16. The van der Waals surface area contributed by atoms with Crippen molar-refractivity contribution >= 4 is 6.16 Å². The molecule has 15 heavy (non-hydrogen) atoms. The van der Waals surface area contributed by atoms with Crippen molar-refractivity contribution in [3.05, 3.63) is 35.9 Å². The van der Waals surface area contributed by atoms with Gasteiger partial charge in [0.25, 0.3) is 0 Å². The lowest BCUT2D eigenvalue weighted by molar-refractivity contribution is 0.137. The van der Waals surface area contributed by atoms with Crippen LogP contribution in [0.1, 0.15) is 31.7 Å². The molecule has 0 saturated carbocycles. The third-order valence-electron chi connectivity index (χ3n) is 1.91. The lowest BCUT2D eigenvalue weighted by atomic mass is 10.1. The maximum atomic E-state index is 8.56. The van der Waals surface area contributed by atoms with Crippen molar-refractivity contribution in [3.63, 3.8) is 0 Å². The van der Waals surface area contributed by atoms with Gasteiger partial charge in [0.15, 0.2) is 0 Å².